The van der Waals surface area contributed by atoms with Crippen molar-refractivity contribution in [1.29, 1.82) is 0 Å². The Kier molecular flexibility index (Phi) is 8.84. The largest absolute Gasteiger partial charge is 0.480 e. The summed E-state index contributed by atoms with van der Waals surface area (Å²) < 4.78 is 35.3. The number of unbranched alkanes of at least 4 members (excludes halogenated alkanes) is 1. The molecule has 2 fully saturated rings. The van der Waals surface area contributed by atoms with Crippen LogP contribution < -0.4 is 5.32 Å². The third-order valence-electron chi connectivity index (χ3n) is 8.18. The van der Waals surface area contributed by atoms with Crippen LogP contribution in [0.5, 0.6) is 0 Å². The second kappa shape index (κ2) is 12.5. The number of carboxylic acid groups (broad SMARTS) is 1. The smallest absolute Gasteiger partial charge is 0.325 e. The maximum absolute atomic E-state index is 15.2. The summed E-state index contributed by atoms with van der Waals surface area (Å²) in [6, 6.07) is 4.42. The fourth-order valence-electron chi connectivity index (χ4n) is 6.13. The highest BCUT2D eigenvalue weighted by molar-refractivity contribution is 5.76. The fraction of sp³-hybridized carbons (Fsp3) is 0.621. The van der Waals surface area contributed by atoms with Gasteiger partial charge in [-0.1, -0.05) is 12.5 Å². The van der Waals surface area contributed by atoms with Crippen LogP contribution in [0.25, 0.3) is 0 Å². The standard InChI is InChI=1S/C29H38F2N4O3/c30-21-16-23(26(33-17-21)25-9-3-4-15-38-25)27(29(36)37)35-14-12-20(18-35)24(31)8-2-1-7-22-11-10-19-6-5-13-32-28(19)34-22/h10-11,16-17,20,24-25,27H,1-9,12-15,18H2,(H,32,34)(H,36,37)/t20-,24?,25?,27?/m1/s1. The first kappa shape index (κ1) is 26.9. The summed E-state index contributed by atoms with van der Waals surface area (Å²) in [4.78, 5) is 23.2. The van der Waals surface area contributed by atoms with Gasteiger partial charge in [0.25, 0.3) is 0 Å². The lowest BCUT2D eigenvalue weighted by Gasteiger charge is -2.30. The van der Waals surface area contributed by atoms with Gasteiger partial charge in [-0.3, -0.25) is 14.7 Å². The topological polar surface area (TPSA) is 87.6 Å². The Morgan fingerprint density at radius 1 is 1.24 bits per heavy atom. The predicted octanol–water partition coefficient (Wildman–Crippen LogP) is 5.41. The van der Waals surface area contributed by atoms with Gasteiger partial charge >= 0.3 is 5.97 Å². The molecule has 4 atom stereocenters. The van der Waals surface area contributed by atoms with Crippen molar-refractivity contribution in [3.63, 3.8) is 0 Å². The van der Waals surface area contributed by atoms with E-state index in [1.165, 1.54) is 11.6 Å². The minimum Gasteiger partial charge on any atom is -0.480 e. The van der Waals surface area contributed by atoms with Crippen LogP contribution in [0.2, 0.25) is 0 Å². The zero-order valence-electron chi connectivity index (χ0n) is 21.9. The molecule has 0 aromatic carbocycles. The van der Waals surface area contributed by atoms with Crippen LogP contribution in [0.3, 0.4) is 0 Å². The summed E-state index contributed by atoms with van der Waals surface area (Å²) in [7, 11) is 0. The minimum atomic E-state index is -1.07. The minimum absolute atomic E-state index is 0.237. The van der Waals surface area contributed by atoms with Crippen molar-refractivity contribution in [2.45, 2.75) is 82.5 Å². The number of fused-ring (bicyclic) bond motifs is 1. The number of carboxylic acids is 1. The molecule has 3 aliphatic heterocycles. The Balaban J connectivity index is 1.16. The van der Waals surface area contributed by atoms with E-state index in [2.05, 4.69) is 22.4 Å². The molecule has 0 radical (unpaired) electrons. The number of hydrogen-bond acceptors (Lipinski definition) is 6. The number of alkyl halides is 1. The Bertz CT molecular complexity index is 1110. The van der Waals surface area contributed by atoms with Gasteiger partial charge in [-0.15, -0.1) is 0 Å². The van der Waals surface area contributed by atoms with E-state index in [4.69, 9.17) is 9.72 Å². The van der Waals surface area contributed by atoms with Crippen LogP contribution in [0, 0.1) is 11.7 Å². The molecule has 38 heavy (non-hydrogen) atoms. The number of aromatic nitrogens is 2. The summed E-state index contributed by atoms with van der Waals surface area (Å²) in [6.45, 7) is 2.32. The van der Waals surface area contributed by atoms with E-state index in [0.29, 0.717) is 43.8 Å². The van der Waals surface area contributed by atoms with Gasteiger partial charge in [-0.25, -0.2) is 13.8 Å². The van der Waals surface area contributed by atoms with Crippen molar-refractivity contribution in [3.05, 3.63) is 52.7 Å². The SMILES string of the molecule is O=C(O)C(c1cc(F)cnc1C1CCCCO1)N1CC[C@@H](C(F)CCCCc2ccc3c(n2)NCCC3)C1. The molecule has 9 heteroatoms. The van der Waals surface area contributed by atoms with Crippen LogP contribution in [0.4, 0.5) is 14.6 Å². The molecule has 2 aromatic rings. The van der Waals surface area contributed by atoms with E-state index in [9.17, 15) is 14.3 Å². The van der Waals surface area contributed by atoms with Crippen LogP contribution in [0.1, 0.15) is 86.0 Å². The number of nitrogens with zero attached hydrogens (tertiary/aromatic N) is 3. The fourth-order valence-corrected chi connectivity index (χ4v) is 6.13. The first-order valence-electron chi connectivity index (χ1n) is 14.1. The number of aryl methyl sites for hydroxylation is 2. The lowest BCUT2D eigenvalue weighted by Crippen LogP contribution is -2.35. The van der Waals surface area contributed by atoms with Crippen molar-refractivity contribution < 1.29 is 23.4 Å². The monoisotopic (exact) mass is 528 g/mol. The average molecular weight is 529 g/mol. The molecular formula is C29H38F2N4O3. The van der Waals surface area contributed by atoms with Crippen LogP contribution >= 0.6 is 0 Å². The zero-order chi connectivity index (χ0) is 26.5. The van der Waals surface area contributed by atoms with Crippen LogP contribution in [-0.2, 0) is 22.4 Å². The molecule has 206 valence electrons. The molecule has 2 N–H and O–H groups in total. The highest BCUT2D eigenvalue weighted by Gasteiger charge is 2.39. The molecule has 5 heterocycles. The molecule has 0 saturated carbocycles. The summed E-state index contributed by atoms with van der Waals surface area (Å²) in [5.74, 6) is -0.895. The molecule has 0 bridgehead atoms. The molecular weight excluding hydrogens is 490 g/mol. The summed E-state index contributed by atoms with van der Waals surface area (Å²) in [5.41, 5.74) is 3.12. The number of aliphatic carboxylic acids is 1. The van der Waals surface area contributed by atoms with E-state index < -0.39 is 24.0 Å². The summed E-state index contributed by atoms with van der Waals surface area (Å²) >= 11 is 0. The van der Waals surface area contributed by atoms with Gasteiger partial charge in [0.2, 0.25) is 0 Å². The molecule has 5 rings (SSSR count). The molecule has 3 unspecified atom stereocenters. The number of rotatable bonds is 10. The second-order valence-corrected chi connectivity index (χ2v) is 10.9. The van der Waals surface area contributed by atoms with E-state index in [1.807, 2.05) is 0 Å². The van der Waals surface area contributed by atoms with Gasteiger partial charge in [0.15, 0.2) is 0 Å². The average Bonchev–Trinajstić information content (AvgIpc) is 3.41. The van der Waals surface area contributed by atoms with Crippen molar-refractivity contribution in [3.8, 4) is 0 Å². The first-order valence-corrected chi connectivity index (χ1v) is 14.1. The number of halogens is 2. The second-order valence-electron chi connectivity index (χ2n) is 10.9. The molecule has 2 aromatic heterocycles. The Morgan fingerprint density at radius 3 is 2.95 bits per heavy atom. The van der Waals surface area contributed by atoms with Gasteiger partial charge in [0.1, 0.15) is 23.8 Å². The Morgan fingerprint density at radius 2 is 2.13 bits per heavy atom. The van der Waals surface area contributed by atoms with Crippen molar-refractivity contribution in [1.82, 2.24) is 14.9 Å². The highest BCUT2D eigenvalue weighted by Crippen LogP contribution is 2.37. The van der Waals surface area contributed by atoms with Crippen LogP contribution in [-0.4, -0.2) is 58.4 Å². The van der Waals surface area contributed by atoms with Crippen molar-refractivity contribution in [2.24, 2.45) is 5.92 Å². The number of anilines is 1. The van der Waals surface area contributed by atoms with E-state index >= 15 is 4.39 Å². The van der Waals surface area contributed by atoms with Gasteiger partial charge in [0, 0.05) is 36.9 Å². The number of hydrogen-bond donors (Lipinski definition) is 2. The predicted molar refractivity (Wildman–Crippen MR) is 140 cm³/mol. The lowest BCUT2D eigenvalue weighted by atomic mass is 9.96. The number of likely N-dealkylation sites (tertiary alicyclic amines) is 1. The van der Waals surface area contributed by atoms with Crippen molar-refractivity contribution in [2.75, 3.05) is 31.6 Å². The summed E-state index contributed by atoms with van der Waals surface area (Å²) in [5, 5.41) is 13.5. The van der Waals surface area contributed by atoms with Crippen LogP contribution in [0.15, 0.2) is 24.4 Å². The number of ether oxygens (including phenoxy) is 1. The third-order valence-corrected chi connectivity index (χ3v) is 8.18. The quantitative estimate of drug-likeness (QED) is 0.399. The van der Waals surface area contributed by atoms with E-state index in [-0.39, 0.29) is 12.0 Å². The molecule has 7 nitrogen and oxygen atoms in total. The molecule has 3 aliphatic rings. The number of pyridine rings is 2. The zero-order valence-corrected chi connectivity index (χ0v) is 21.9. The van der Waals surface area contributed by atoms with Gasteiger partial charge in [-0.2, -0.15) is 0 Å². The van der Waals surface area contributed by atoms with Gasteiger partial charge in [-0.05, 0) is 82.0 Å². The molecule has 0 spiro atoms. The highest BCUT2D eigenvalue weighted by atomic mass is 19.1. The van der Waals surface area contributed by atoms with Crippen molar-refractivity contribution >= 4 is 11.8 Å². The Labute approximate surface area is 223 Å². The van der Waals surface area contributed by atoms with E-state index in [1.54, 1.807) is 4.90 Å². The normalized spacial score (nSPS) is 23.4. The third kappa shape index (κ3) is 6.31. The Hall–Kier alpha value is -2.65. The lowest BCUT2D eigenvalue weighted by molar-refractivity contribution is -0.143. The first-order chi connectivity index (χ1) is 18.5. The number of nitrogens with one attached hydrogen (secondary N) is 1. The maximum atomic E-state index is 15.2. The number of carbonyl (C=O) groups is 1. The molecule has 2 saturated heterocycles. The maximum Gasteiger partial charge on any atom is 0.325 e. The molecule has 0 amide bonds. The molecule has 0 aliphatic carbocycles. The van der Waals surface area contributed by atoms with Gasteiger partial charge < -0.3 is 15.2 Å². The van der Waals surface area contributed by atoms with E-state index in [0.717, 1.165) is 75.6 Å². The van der Waals surface area contributed by atoms with Gasteiger partial charge in [0.05, 0.1) is 18.0 Å². The summed E-state index contributed by atoms with van der Waals surface area (Å²) in [6.07, 6.45) is 8.07.